The van der Waals surface area contributed by atoms with Crippen LogP contribution in [-0.4, -0.2) is 34.6 Å². The molecule has 184 valence electrons. The van der Waals surface area contributed by atoms with Crippen molar-refractivity contribution in [2.75, 3.05) is 9.80 Å². The van der Waals surface area contributed by atoms with Gasteiger partial charge in [0.15, 0.2) is 5.78 Å². The molecule has 0 bridgehead atoms. The third kappa shape index (κ3) is 3.45. The zero-order valence-electron chi connectivity index (χ0n) is 19.6. The summed E-state index contributed by atoms with van der Waals surface area (Å²) >= 11 is 3.39. The number of fused-ring (bicyclic) bond motifs is 5. The van der Waals surface area contributed by atoms with Gasteiger partial charge in [-0.2, -0.15) is 0 Å². The minimum Gasteiger partial charge on any atom is -0.352 e. The van der Waals surface area contributed by atoms with E-state index in [1.54, 1.807) is 31.2 Å². The van der Waals surface area contributed by atoms with Gasteiger partial charge >= 0.3 is 0 Å². The van der Waals surface area contributed by atoms with E-state index in [1.165, 1.54) is 18.2 Å². The zero-order chi connectivity index (χ0) is 26.0. The van der Waals surface area contributed by atoms with E-state index in [0.717, 1.165) is 20.6 Å². The van der Waals surface area contributed by atoms with E-state index in [0.29, 0.717) is 11.1 Å². The second kappa shape index (κ2) is 8.48. The Morgan fingerprint density at radius 1 is 0.946 bits per heavy atom. The number of Topliss-reactive ketones (excluding diaryl/α,β-unsaturated/α-hetero) is 1. The summed E-state index contributed by atoms with van der Waals surface area (Å²) in [5, 5.41) is 11.4. The smallest absolute Gasteiger partial charge is 0.271 e. The minimum atomic E-state index is -0.942. The highest BCUT2D eigenvalue weighted by Gasteiger charge is 2.64. The number of nitro benzene ring substituents is 1. The van der Waals surface area contributed by atoms with Gasteiger partial charge < -0.3 is 4.90 Å². The third-order valence-corrected chi connectivity index (χ3v) is 7.99. The highest BCUT2D eigenvalue weighted by Crippen LogP contribution is 2.50. The van der Waals surface area contributed by atoms with Crippen molar-refractivity contribution < 1.29 is 19.3 Å². The van der Waals surface area contributed by atoms with Crippen molar-refractivity contribution in [3.63, 3.8) is 0 Å². The van der Waals surface area contributed by atoms with E-state index in [4.69, 9.17) is 0 Å². The molecule has 4 atom stereocenters. The number of rotatable bonds is 4. The van der Waals surface area contributed by atoms with Crippen LogP contribution < -0.4 is 9.80 Å². The maximum Gasteiger partial charge on any atom is 0.271 e. The summed E-state index contributed by atoms with van der Waals surface area (Å²) in [6.45, 7) is 1.70. The molecule has 3 heterocycles. The van der Waals surface area contributed by atoms with Gasteiger partial charge in [-0.1, -0.05) is 64.5 Å². The van der Waals surface area contributed by atoms with Gasteiger partial charge in [-0.25, -0.2) is 4.90 Å². The normalized spacial score (nSPS) is 23.6. The van der Waals surface area contributed by atoms with Crippen molar-refractivity contribution in [1.29, 1.82) is 0 Å². The van der Waals surface area contributed by atoms with E-state index in [9.17, 15) is 24.5 Å². The van der Waals surface area contributed by atoms with Crippen LogP contribution in [0.4, 0.5) is 17.1 Å². The molecule has 0 aliphatic carbocycles. The molecule has 0 aromatic heterocycles. The third-order valence-electron chi connectivity index (χ3n) is 7.46. The quantitative estimate of drug-likeness (QED) is 0.195. The van der Waals surface area contributed by atoms with Gasteiger partial charge in [0, 0.05) is 27.9 Å². The first-order valence-electron chi connectivity index (χ1n) is 11.8. The van der Waals surface area contributed by atoms with E-state index in [1.807, 2.05) is 41.3 Å². The van der Waals surface area contributed by atoms with Crippen LogP contribution >= 0.6 is 15.9 Å². The SMILES string of the molecule is Cc1ccc([N+](=O)[O-])cc1N1C(=O)[C@@H]2[C@H](C1=O)[C@@H](C(=O)c1ccc(Br)cc1)N1c3ccccc3C=C[C@H]21. The Morgan fingerprint density at radius 2 is 1.65 bits per heavy atom. The molecular weight excluding hydrogens is 538 g/mol. The Morgan fingerprint density at radius 3 is 2.38 bits per heavy atom. The Kier molecular flexibility index (Phi) is 5.34. The number of anilines is 2. The molecule has 0 saturated carbocycles. The summed E-state index contributed by atoms with van der Waals surface area (Å²) in [7, 11) is 0. The molecule has 0 unspecified atom stereocenters. The number of para-hydroxylation sites is 1. The average molecular weight is 558 g/mol. The monoisotopic (exact) mass is 557 g/mol. The minimum absolute atomic E-state index is 0.181. The first-order valence-corrected chi connectivity index (χ1v) is 12.6. The Balaban J connectivity index is 1.50. The lowest BCUT2D eigenvalue weighted by atomic mass is 9.86. The van der Waals surface area contributed by atoms with Crippen LogP contribution in [0.15, 0.2) is 77.3 Å². The largest absolute Gasteiger partial charge is 0.352 e. The molecule has 0 spiro atoms. The number of nitro groups is 1. The zero-order valence-corrected chi connectivity index (χ0v) is 21.2. The number of amides is 2. The van der Waals surface area contributed by atoms with Gasteiger partial charge in [0.05, 0.1) is 28.5 Å². The van der Waals surface area contributed by atoms with Crippen molar-refractivity contribution in [2.24, 2.45) is 11.8 Å². The first-order chi connectivity index (χ1) is 17.8. The van der Waals surface area contributed by atoms with Crippen molar-refractivity contribution in [1.82, 2.24) is 0 Å². The lowest BCUT2D eigenvalue weighted by Gasteiger charge is -2.36. The molecule has 2 fully saturated rings. The number of carbonyl (C=O) groups is 3. The summed E-state index contributed by atoms with van der Waals surface area (Å²) in [5.74, 6) is -2.98. The second-order valence-corrected chi connectivity index (χ2v) is 10.3. The summed E-state index contributed by atoms with van der Waals surface area (Å²) < 4.78 is 0.817. The fourth-order valence-electron chi connectivity index (χ4n) is 5.79. The Hall–Kier alpha value is -4.11. The highest BCUT2D eigenvalue weighted by molar-refractivity contribution is 9.10. The van der Waals surface area contributed by atoms with Crippen LogP contribution in [0.25, 0.3) is 6.08 Å². The lowest BCUT2D eigenvalue weighted by molar-refractivity contribution is -0.384. The van der Waals surface area contributed by atoms with Gasteiger partial charge in [0.2, 0.25) is 11.8 Å². The number of halogens is 1. The molecule has 0 N–H and O–H groups in total. The van der Waals surface area contributed by atoms with Crippen molar-refractivity contribution in [3.8, 4) is 0 Å². The molecule has 6 rings (SSSR count). The molecule has 2 amide bonds. The fourth-order valence-corrected chi connectivity index (χ4v) is 6.05. The number of benzene rings is 3. The van der Waals surface area contributed by atoms with Crippen LogP contribution in [0.2, 0.25) is 0 Å². The molecule has 3 aliphatic heterocycles. The maximum absolute atomic E-state index is 14.0. The van der Waals surface area contributed by atoms with Crippen molar-refractivity contribution >= 4 is 56.7 Å². The number of carbonyl (C=O) groups excluding carboxylic acids is 3. The molecule has 0 radical (unpaired) electrons. The number of hydrogen-bond donors (Lipinski definition) is 0. The standard InChI is InChI=1S/C28H20BrN3O5/c1-15-6-12-19(32(36)37)14-22(15)31-27(34)23-21-13-9-16-4-2-3-5-20(16)30(21)25(24(23)28(31)35)26(33)17-7-10-18(29)11-8-17/h2-14,21,23-25H,1H3/t21-,23+,24+,25+/m1/s1. The fraction of sp³-hybridized carbons (Fsp3) is 0.179. The lowest BCUT2D eigenvalue weighted by Crippen LogP contribution is -2.49. The van der Waals surface area contributed by atoms with Crippen LogP contribution in [0.3, 0.4) is 0 Å². The topological polar surface area (TPSA) is 101 Å². The van der Waals surface area contributed by atoms with E-state index < -0.39 is 40.7 Å². The van der Waals surface area contributed by atoms with Gasteiger partial charge in [-0.3, -0.25) is 24.5 Å². The number of imide groups is 1. The summed E-state index contributed by atoms with van der Waals surface area (Å²) in [6.07, 6.45) is 3.79. The molecule has 3 aromatic rings. The average Bonchev–Trinajstić information content (AvgIpc) is 3.37. The Bertz CT molecular complexity index is 1530. The second-order valence-electron chi connectivity index (χ2n) is 9.42. The van der Waals surface area contributed by atoms with Crippen LogP contribution in [0, 0.1) is 28.9 Å². The molecule has 9 heteroatoms. The van der Waals surface area contributed by atoms with Gasteiger partial charge in [0.25, 0.3) is 5.69 Å². The first kappa shape index (κ1) is 23.3. The molecule has 2 saturated heterocycles. The number of ketones is 1. The number of nitrogens with zero attached hydrogens (tertiary/aromatic N) is 3. The van der Waals surface area contributed by atoms with Gasteiger partial charge in [-0.05, 0) is 36.2 Å². The predicted molar refractivity (Wildman–Crippen MR) is 141 cm³/mol. The van der Waals surface area contributed by atoms with Crippen molar-refractivity contribution in [3.05, 3.63) is 104 Å². The summed E-state index contributed by atoms with van der Waals surface area (Å²) in [5.41, 5.74) is 2.65. The molecular formula is C28H20BrN3O5. The van der Waals surface area contributed by atoms with E-state index >= 15 is 0 Å². The molecule has 3 aliphatic rings. The number of non-ortho nitro benzene ring substituents is 1. The van der Waals surface area contributed by atoms with E-state index in [2.05, 4.69) is 15.9 Å². The maximum atomic E-state index is 14.0. The van der Waals surface area contributed by atoms with Crippen molar-refractivity contribution in [2.45, 2.75) is 19.0 Å². The number of aryl methyl sites for hydroxylation is 1. The summed E-state index contributed by atoms with van der Waals surface area (Å²) in [4.78, 5) is 55.7. The predicted octanol–water partition coefficient (Wildman–Crippen LogP) is 4.94. The number of hydrogen-bond acceptors (Lipinski definition) is 6. The molecule has 8 nitrogen and oxygen atoms in total. The molecule has 37 heavy (non-hydrogen) atoms. The molecule has 3 aromatic carbocycles. The van der Waals surface area contributed by atoms with Gasteiger partial charge in [0.1, 0.15) is 6.04 Å². The van der Waals surface area contributed by atoms with E-state index in [-0.39, 0.29) is 17.2 Å². The summed E-state index contributed by atoms with van der Waals surface area (Å²) in [6, 6.07) is 17.2. The van der Waals surface area contributed by atoms with Crippen LogP contribution in [0.1, 0.15) is 21.5 Å². The van der Waals surface area contributed by atoms with Crippen LogP contribution in [0.5, 0.6) is 0 Å². The van der Waals surface area contributed by atoms with Crippen LogP contribution in [-0.2, 0) is 9.59 Å². The Labute approximate surface area is 220 Å². The van der Waals surface area contributed by atoms with Gasteiger partial charge in [-0.15, -0.1) is 0 Å². The highest BCUT2D eigenvalue weighted by atomic mass is 79.9.